The minimum absolute atomic E-state index is 0.0944. The Morgan fingerprint density at radius 2 is 1.71 bits per heavy atom. The summed E-state index contributed by atoms with van der Waals surface area (Å²) in [6, 6.07) is 7.51. The number of benzene rings is 1. The molecular formula is C12H14O2. The Labute approximate surface area is 83.9 Å². The summed E-state index contributed by atoms with van der Waals surface area (Å²) >= 11 is 0. The van der Waals surface area contributed by atoms with Crippen LogP contribution in [0.3, 0.4) is 0 Å². The molecule has 0 aromatic heterocycles. The van der Waals surface area contributed by atoms with E-state index < -0.39 is 5.92 Å². The fraction of sp³-hybridized carbons (Fsp3) is 0.333. The predicted molar refractivity (Wildman–Crippen MR) is 55.3 cm³/mol. The van der Waals surface area contributed by atoms with Gasteiger partial charge in [-0.2, -0.15) is 0 Å². The molecule has 0 N–H and O–H groups in total. The van der Waals surface area contributed by atoms with Crippen LogP contribution in [0, 0.1) is 6.92 Å². The van der Waals surface area contributed by atoms with E-state index in [1.807, 2.05) is 31.2 Å². The maximum Gasteiger partial charge on any atom is 0.144 e. The van der Waals surface area contributed by atoms with E-state index in [0.717, 1.165) is 11.1 Å². The smallest absolute Gasteiger partial charge is 0.144 e. The highest BCUT2D eigenvalue weighted by Crippen LogP contribution is 2.18. The minimum atomic E-state index is -0.588. The second kappa shape index (κ2) is 4.18. The molecule has 0 amide bonds. The first-order valence-electron chi connectivity index (χ1n) is 4.60. The van der Waals surface area contributed by atoms with Crippen molar-refractivity contribution in [1.29, 1.82) is 0 Å². The molecule has 74 valence electrons. The van der Waals surface area contributed by atoms with Crippen LogP contribution in [0.5, 0.6) is 0 Å². The third kappa shape index (κ3) is 2.28. The molecule has 14 heavy (non-hydrogen) atoms. The first kappa shape index (κ1) is 10.6. The van der Waals surface area contributed by atoms with Crippen LogP contribution in [0.15, 0.2) is 24.3 Å². The molecule has 2 nitrogen and oxygen atoms in total. The zero-order valence-electron chi connectivity index (χ0n) is 8.70. The Morgan fingerprint density at radius 1 is 1.14 bits per heavy atom. The number of ketones is 2. The maximum atomic E-state index is 11.3. The fourth-order valence-electron chi connectivity index (χ4n) is 1.61. The third-order valence-electron chi connectivity index (χ3n) is 2.19. The molecule has 0 aliphatic heterocycles. The topological polar surface area (TPSA) is 34.1 Å². The average molecular weight is 190 g/mol. The van der Waals surface area contributed by atoms with Gasteiger partial charge in [-0.3, -0.25) is 9.59 Å². The summed E-state index contributed by atoms with van der Waals surface area (Å²) in [5, 5.41) is 0. The zero-order valence-corrected chi connectivity index (χ0v) is 8.70. The van der Waals surface area contributed by atoms with Crippen LogP contribution >= 0.6 is 0 Å². The number of carbonyl (C=O) groups excluding carboxylic acids is 2. The highest BCUT2D eigenvalue weighted by molar-refractivity contribution is 6.05. The number of hydrogen-bond donors (Lipinski definition) is 0. The van der Waals surface area contributed by atoms with Gasteiger partial charge in [0.2, 0.25) is 0 Å². The minimum Gasteiger partial charge on any atom is -0.299 e. The van der Waals surface area contributed by atoms with E-state index in [9.17, 15) is 9.59 Å². The molecule has 0 fully saturated rings. The summed E-state index contributed by atoms with van der Waals surface area (Å²) in [7, 11) is 0. The molecule has 0 radical (unpaired) electrons. The maximum absolute atomic E-state index is 11.3. The molecule has 0 atom stereocenters. The highest BCUT2D eigenvalue weighted by Gasteiger charge is 2.21. The van der Waals surface area contributed by atoms with Gasteiger partial charge in [0, 0.05) is 0 Å². The lowest BCUT2D eigenvalue weighted by Crippen LogP contribution is -2.16. The van der Waals surface area contributed by atoms with E-state index in [0.29, 0.717) is 0 Å². The fourth-order valence-corrected chi connectivity index (χ4v) is 1.61. The van der Waals surface area contributed by atoms with E-state index in [2.05, 4.69) is 0 Å². The van der Waals surface area contributed by atoms with Crippen molar-refractivity contribution in [3.05, 3.63) is 35.4 Å². The van der Waals surface area contributed by atoms with E-state index in [1.54, 1.807) is 0 Å². The second-order valence-electron chi connectivity index (χ2n) is 3.57. The van der Waals surface area contributed by atoms with Crippen LogP contribution < -0.4 is 0 Å². The van der Waals surface area contributed by atoms with Gasteiger partial charge in [-0.25, -0.2) is 0 Å². The molecule has 0 saturated carbocycles. The molecule has 1 rings (SSSR count). The van der Waals surface area contributed by atoms with E-state index >= 15 is 0 Å². The summed E-state index contributed by atoms with van der Waals surface area (Å²) in [6.45, 7) is 4.85. The van der Waals surface area contributed by atoms with Gasteiger partial charge in [0.1, 0.15) is 17.5 Å². The van der Waals surface area contributed by atoms with Crippen molar-refractivity contribution < 1.29 is 9.59 Å². The Bertz CT molecular complexity index is 352. The lowest BCUT2D eigenvalue weighted by molar-refractivity contribution is -0.126. The summed E-state index contributed by atoms with van der Waals surface area (Å²) in [5.74, 6) is -0.777. The summed E-state index contributed by atoms with van der Waals surface area (Å²) < 4.78 is 0. The number of Topliss-reactive ketones (excluding diaryl/α,β-unsaturated/α-hetero) is 2. The van der Waals surface area contributed by atoms with Crippen LogP contribution in [-0.2, 0) is 9.59 Å². The Morgan fingerprint density at radius 3 is 2.14 bits per heavy atom. The lowest BCUT2D eigenvalue weighted by atomic mass is 9.91. The SMILES string of the molecule is CC(=O)C(C(C)=O)c1cccc(C)c1. The molecule has 1 aromatic rings. The molecular weight excluding hydrogens is 176 g/mol. The summed E-state index contributed by atoms with van der Waals surface area (Å²) in [6.07, 6.45) is 0. The van der Waals surface area contributed by atoms with Crippen molar-refractivity contribution in [3.63, 3.8) is 0 Å². The van der Waals surface area contributed by atoms with Gasteiger partial charge in [-0.05, 0) is 26.3 Å². The largest absolute Gasteiger partial charge is 0.299 e. The summed E-state index contributed by atoms with van der Waals surface area (Å²) in [4.78, 5) is 22.6. The molecule has 2 heteroatoms. The van der Waals surface area contributed by atoms with Gasteiger partial charge >= 0.3 is 0 Å². The first-order valence-corrected chi connectivity index (χ1v) is 4.60. The monoisotopic (exact) mass is 190 g/mol. The average Bonchev–Trinajstić information content (AvgIpc) is 2.02. The predicted octanol–water partition coefficient (Wildman–Crippen LogP) is 2.26. The van der Waals surface area contributed by atoms with Crippen molar-refractivity contribution in [1.82, 2.24) is 0 Å². The van der Waals surface area contributed by atoms with Gasteiger partial charge in [0.05, 0.1) is 0 Å². The number of hydrogen-bond acceptors (Lipinski definition) is 2. The second-order valence-corrected chi connectivity index (χ2v) is 3.57. The van der Waals surface area contributed by atoms with E-state index in [1.165, 1.54) is 13.8 Å². The van der Waals surface area contributed by atoms with Gasteiger partial charge in [0.15, 0.2) is 0 Å². The quantitative estimate of drug-likeness (QED) is 0.685. The Balaban J connectivity index is 3.12. The molecule has 0 spiro atoms. The number of carbonyl (C=O) groups is 2. The molecule has 0 aliphatic rings. The van der Waals surface area contributed by atoms with E-state index in [-0.39, 0.29) is 11.6 Å². The van der Waals surface area contributed by atoms with Crippen molar-refractivity contribution >= 4 is 11.6 Å². The van der Waals surface area contributed by atoms with Gasteiger partial charge in [-0.15, -0.1) is 0 Å². The summed E-state index contributed by atoms with van der Waals surface area (Å²) in [5.41, 5.74) is 1.86. The van der Waals surface area contributed by atoms with E-state index in [4.69, 9.17) is 0 Å². The van der Waals surface area contributed by atoms with Gasteiger partial charge in [-0.1, -0.05) is 29.8 Å². The third-order valence-corrected chi connectivity index (χ3v) is 2.19. The Kier molecular flexibility index (Phi) is 3.18. The lowest BCUT2D eigenvalue weighted by Gasteiger charge is -2.10. The Hall–Kier alpha value is -1.44. The number of rotatable bonds is 3. The van der Waals surface area contributed by atoms with Crippen LogP contribution in [0.4, 0.5) is 0 Å². The molecule has 0 heterocycles. The van der Waals surface area contributed by atoms with Crippen LogP contribution in [0.1, 0.15) is 30.9 Å². The molecule has 0 aliphatic carbocycles. The normalized spacial score (nSPS) is 10.3. The van der Waals surface area contributed by atoms with Crippen LogP contribution in [0.25, 0.3) is 0 Å². The van der Waals surface area contributed by atoms with Crippen molar-refractivity contribution in [2.24, 2.45) is 0 Å². The van der Waals surface area contributed by atoms with Gasteiger partial charge < -0.3 is 0 Å². The molecule has 0 saturated heterocycles. The van der Waals surface area contributed by atoms with Gasteiger partial charge in [0.25, 0.3) is 0 Å². The zero-order chi connectivity index (χ0) is 10.7. The van der Waals surface area contributed by atoms with Crippen LogP contribution in [0.2, 0.25) is 0 Å². The van der Waals surface area contributed by atoms with Crippen LogP contribution in [-0.4, -0.2) is 11.6 Å². The van der Waals surface area contributed by atoms with Crippen molar-refractivity contribution in [3.8, 4) is 0 Å². The first-order chi connectivity index (χ1) is 6.52. The molecule has 1 aromatic carbocycles. The number of aryl methyl sites for hydroxylation is 1. The van der Waals surface area contributed by atoms with Crippen molar-refractivity contribution in [2.45, 2.75) is 26.7 Å². The van der Waals surface area contributed by atoms with Crippen molar-refractivity contribution in [2.75, 3.05) is 0 Å². The standard InChI is InChI=1S/C12H14O2/c1-8-5-4-6-11(7-8)12(9(2)13)10(3)14/h4-7,12H,1-3H3. The molecule has 0 unspecified atom stereocenters. The molecule has 0 bridgehead atoms. The highest BCUT2D eigenvalue weighted by atomic mass is 16.1.